The van der Waals surface area contributed by atoms with Gasteiger partial charge >= 0.3 is 11.9 Å². The molecule has 1 aliphatic rings. The molecule has 0 saturated carbocycles. The Labute approximate surface area is 117 Å². The van der Waals surface area contributed by atoms with Crippen molar-refractivity contribution in [1.82, 2.24) is 5.32 Å². The van der Waals surface area contributed by atoms with E-state index in [4.69, 9.17) is 4.74 Å². The van der Waals surface area contributed by atoms with Crippen LogP contribution in [0.5, 0.6) is 0 Å². The zero-order valence-electron chi connectivity index (χ0n) is 11.6. The summed E-state index contributed by atoms with van der Waals surface area (Å²) < 4.78 is 9.42. The third kappa shape index (κ3) is 2.88. The van der Waals surface area contributed by atoms with E-state index in [1.807, 2.05) is 6.07 Å². The summed E-state index contributed by atoms with van der Waals surface area (Å²) in [7, 11) is 2.58. The van der Waals surface area contributed by atoms with Crippen LogP contribution in [0.4, 0.5) is 0 Å². The minimum absolute atomic E-state index is 0.220. The second-order valence-electron chi connectivity index (χ2n) is 4.43. The summed E-state index contributed by atoms with van der Waals surface area (Å²) in [6, 6.07) is 5.13. The fourth-order valence-corrected chi connectivity index (χ4v) is 2.20. The summed E-state index contributed by atoms with van der Waals surface area (Å²) in [5.74, 6) is -1.09. The molecule has 1 aliphatic heterocycles. The van der Waals surface area contributed by atoms with Gasteiger partial charge in [0.2, 0.25) is 0 Å². The molecule has 0 unspecified atom stereocenters. The summed E-state index contributed by atoms with van der Waals surface area (Å²) in [5.41, 5.74) is 2.54. The lowest BCUT2D eigenvalue weighted by Crippen LogP contribution is -2.20. The number of benzene rings is 1. The van der Waals surface area contributed by atoms with Crippen LogP contribution in [0.1, 0.15) is 32.7 Å². The van der Waals surface area contributed by atoms with Crippen molar-refractivity contribution in [3.8, 4) is 0 Å². The largest absolute Gasteiger partial charge is 0.465 e. The summed E-state index contributed by atoms with van der Waals surface area (Å²) in [6.07, 6.45) is 2.97. The molecule has 0 amide bonds. The molecule has 0 aromatic heterocycles. The quantitative estimate of drug-likeness (QED) is 0.849. The molecule has 1 N–H and O–H groups in total. The molecule has 0 saturated heterocycles. The van der Waals surface area contributed by atoms with Crippen LogP contribution >= 0.6 is 0 Å². The normalized spacial score (nSPS) is 14.4. The average Bonchev–Trinajstić information content (AvgIpc) is 2.53. The van der Waals surface area contributed by atoms with E-state index in [1.54, 1.807) is 12.1 Å². The predicted octanol–water partition coefficient (Wildman–Crippen LogP) is 1.64. The van der Waals surface area contributed by atoms with E-state index in [-0.39, 0.29) is 11.1 Å². The molecule has 2 rings (SSSR count). The van der Waals surface area contributed by atoms with Crippen molar-refractivity contribution < 1.29 is 19.1 Å². The molecule has 0 spiro atoms. The van der Waals surface area contributed by atoms with Gasteiger partial charge in [0.25, 0.3) is 0 Å². The van der Waals surface area contributed by atoms with Crippen molar-refractivity contribution in [1.29, 1.82) is 0 Å². The fourth-order valence-electron chi connectivity index (χ4n) is 2.20. The lowest BCUT2D eigenvalue weighted by Gasteiger charge is -2.15. The van der Waals surface area contributed by atoms with E-state index >= 15 is 0 Å². The van der Waals surface area contributed by atoms with Gasteiger partial charge in [-0.2, -0.15) is 0 Å². The molecule has 0 fully saturated rings. The maximum absolute atomic E-state index is 11.8. The first-order valence-electron chi connectivity index (χ1n) is 6.38. The molecule has 5 heteroatoms. The zero-order valence-corrected chi connectivity index (χ0v) is 11.6. The molecular formula is C15H17NO4. The lowest BCUT2D eigenvalue weighted by atomic mass is 9.96. The van der Waals surface area contributed by atoms with Gasteiger partial charge < -0.3 is 14.8 Å². The fraction of sp³-hybridized carbons (Fsp3) is 0.333. The van der Waals surface area contributed by atoms with Crippen molar-refractivity contribution in [2.24, 2.45) is 0 Å². The van der Waals surface area contributed by atoms with Gasteiger partial charge in [-0.15, -0.1) is 0 Å². The SMILES string of the molecule is COC(=O)c1ccc(C2=CCNCC2)cc1C(=O)OC. The molecule has 20 heavy (non-hydrogen) atoms. The summed E-state index contributed by atoms with van der Waals surface area (Å²) in [6.45, 7) is 1.71. The van der Waals surface area contributed by atoms with Crippen LogP contribution < -0.4 is 5.32 Å². The second-order valence-corrected chi connectivity index (χ2v) is 4.43. The highest BCUT2D eigenvalue weighted by atomic mass is 16.5. The van der Waals surface area contributed by atoms with Crippen molar-refractivity contribution in [2.75, 3.05) is 27.3 Å². The topological polar surface area (TPSA) is 64.6 Å². The predicted molar refractivity (Wildman–Crippen MR) is 74.6 cm³/mol. The Balaban J connectivity index is 2.45. The standard InChI is InChI=1S/C15H17NO4/c1-19-14(17)12-4-3-11(9-13(12)15(18)20-2)10-5-7-16-8-6-10/h3-5,9,16H,6-8H2,1-2H3. The van der Waals surface area contributed by atoms with Crippen LogP contribution in [0, 0.1) is 0 Å². The highest BCUT2D eigenvalue weighted by molar-refractivity contribution is 6.03. The maximum Gasteiger partial charge on any atom is 0.338 e. The molecule has 5 nitrogen and oxygen atoms in total. The molecule has 0 radical (unpaired) electrons. The first-order chi connectivity index (χ1) is 9.67. The van der Waals surface area contributed by atoms with Crippen molar-refractivity contribution in [3.63, 3.8) is 0 Å². The first kappa shape index (κ1) is 14.3. The first-order valence-corrected chi connectivity index (χ1v) is 6.38. The molecule has 1 aromatic rings. The van der Waals surface area contributed by atoms with Gasteiger partial charge in [0.15, 0.2) is 0 Å². The number of rotatable bonds is 3. The van der Waals surface area contributed by atoms with Crippen LogP contribution in [0.25, 0.3) is 5.57 Å². The number of hydrogen-bond donors (Lipinski definition) is 1. The van der Waals surface area contributed by atoms with Gasteiger partial charge in [-0.05, 0) is 36.2 Å². The third-order valence-corrected chi connectivity index (χ3v) is 3.26. The molecular weight excluding hydrogens is 258 g/mol. The number of ether oxygens (including phenoxy) is 2. The summed E-state index contributed by atoms with van der Waals surface area (Å²) in [4.78, 5) is 23.5. The molecule has 1 heterocycles. The summed E-state index contributed by atoms with van der Waals surface area (Å²) >= 11 is 0. The maximum atomic E-state index is 11.8. The number of hydrogen-bond acceptors (Lipinski definition) is 5. The van der Waals surface area contributed by atoms with Gasteiger partial charge in [-0.1, -0.05) is 12.1 Å². The van der Waals surface area contributed by atoms with Gasteiger partial charge in [-0.3, -0.25) is 0 Å². The smallest absolute Gasteiger partial charge is 0.338 e. The van der Waals surface area contributed by atoms with E-state index in [1.165, 1.54) is 14.2 Å². The van der Waals surface area contributed by atoms with E-state index in [9.17, 15) is 9.59 Å². The summed E-state index contributed by atoms with van der Waals surface area (Å²) in [5, 5.41) is 3.23. The Morgan fingerprint density at radius 2 is 1.80 bits per heavy atom. The van der Waals surface area contributed by atoms with Gasteiger partial charge in [0, 0.05) is 6.54 Å². The van der Waals surface area contributed by atoms with Crippen molar-refractivity contribution >= 4 is 17.5 Å². The van der Waals surface area contributed by atoms with Crippen molar-refractivity contribution in [2.45, 2.75) is 6.42 Å². The minimum Gasteiger partial charge on any atom is -0.465 e. The molecule has 0 aliphatic carbocycles. The number of nitrogens with one attached hydrogen (secondary N) is 1. The van der Waals surface area contributed by atoms with Crippen LogP contribution in [0.2, 0.25) is 0 Å². The van der Waals surface area contributed by atoms with Gasteiger partial charge in [-0.25, -0.2) is 9.59 Å². The van der Waals surface area contributed by atoms with Crippen molar-refractivity contribution in [3.05, 3.63) is 41.0 Å². The molecule has 106 valence electrons. The third-order valence-electron chi connectivity index (χ3n) is 3.26. The van der Waals surface area contributed by atoms with Crippen LogP contribution in [-0.4, -0.2) is 39.2 Å². The highest BCUT2D eigenvalue weighted by Crippen LogP contribution is 2.23. The van der Waals surface area contributed by atoms with Crippen LogP contribution in [-0.2, 0) is 9.47 Å². The van der Waals surface area contributed by atoms with Crippen LogP contribution in [0.3, 0.4) is 0 Å². The van der Waals surface area contributed by atoms with E-state index < -0.39 is 11.9 Å². The zero-order chi connectivity index (χ0) is 14.5. The number of carbonyl (C=O) groups is 2. The number of carbonyl (C=O) groups excluding carboxylic acids is 2. The molecule has 0 atom stereocenters. The monoisotopic (exact) mass is 275 g/mol. The Morgan fingerprint density at radius 1 is 1.10 bits per heavy atom. The lowest BCUT2D eigenvalue weighted by molar-refractivity contribution is 0.0555. The van der Waals surface area contributed by atoms with Crippen LogP contribution in [0.15, 0.2) is 24.3 Å². The Bertz CT molecular complexity index is 563. The number of methoxy groups -OCH3 is 2. The minimum atomic E-state index is -0.545. The second kappa shape index (κ2) is 6.34. The average molecular weight is 275 g/mol. The Kier molecular flexibility index (Phi) is 4.53. The Morgan fingerprint density at radius 3 is 2.40 bits per heavy atom. The molecule has 0 bridgehead atoms. The molecule has 1 aromatic carbocycles. The van der Waals surface area contributed by atoms with Gasteiger partial charge in [0.1, 0.15) is 0 Å². The number of esters is 2. The highest BCUT2D eigenvalue weighted by Gasteiger charge is 2.19. The van der Waals surface area contributed by atoms with E-state index in [2.05, 4.69) is 16.1 Å². The van der Waals surface area contributed by atoms with E-state index in [0.29, 0.717) is 0 Å². The Hall–Kier alpha value is -2.14. The van der Waals surface area contributed by atoms with E-state index in [0.717, 1.165) is 30.6 Å². The van der Waals surface area contributed by atoms with Gasteiger partial charge in [0.05, 0.1) is 25.3 Å².